The number of ketones is 2. The van der Waals surface area contributed by atoms with Gasteiger partial charge in [0.1, 0.15) is 5.78 Å². The molecule has 2 aliphatic heterocycles. The van der Waals surface area contributed by atoms with Gasteiger partial charge in [-0.2, -0.15) is 0 Å². The van der Waals surface area contributed by atoms with Crippen LogP contribution in [0, 0.1) is 5.92 Å². The topological polar surface area (TPSA) is 52.6 Å². The highest BCUT2D eigenvalue weighted by atomic mass is 79.9. The molecule has 5 heteroatoms. The second-order valence-corrected chi connectivity index (χ2v) is 6.52. The van der Waals surface area contributed by atoms with Gasteiger partial charge in [-0.1, -0.05) is 22.4 Å². The fraction of sp³-hybridized carbons (Fsp3) is 0.833. The standard InChI is InChI=1S/C12H15BrO4/c13-12(4-2-1-3-10(12)15)7-5-8(14)11-16-6-9(7)17-11/h7,9,11H,1-6H2/t7-,9-,11-,12?/m1/s1. The highest BCUT2D eigenvalue weighted by Crippen LogP contribution is 2.46. The van der Waals surface area contributed by atoms with E-state index >= 15 is 0 Å². The minimum atomic E-state index is -0.675. The number of carbonyl (C=O) groups excluding carboxylic acids is 2. The predicted octanol–water partition coefficient (Wildman–Crippen LogP) is 1.59. The molecular weight excluding hydrogens is 288 g/mol. The van der Waals surface area contributed by atoms with Gasteiger partial charge in [-0.15, -0.1) is 0 Å². The van der Waals surface area contributed by atoms with Crippen LogP contribution in [0.25, 0.3) is 0 Å². The molecule has 2 bridgehead atoms. The van der Waals surface area contributed by atoms with Crippen molar-refractivity contribution in [3.63, 3.8) is 0 Å². The van der Waals surface area contributed by atoms with E-state index in [0.29, 0.717) is 19.4 Å². The summed E-state index contributed by atoms with van der Waals surface area (Å²) in [6, 6.07) is 0. The Morgan fingerprint density at radius 2 is 2.12 bits per heavy atom. The van der Waals surface area contributed by atoms with E-state index in [9.17, 15) is 9.59 Å². The van der Waals surface area contributed by atoms with E-state index in [4.69, 9.17) is 9.47 Å². The van der Waals surface area contributed by atoms with Gasteiger partial charge < -0.3 is 9.47 Å². The van der Waals surface area contributed by atoms with Crippen molar-refractivity contribution in [3.05, 3.63) is 0 Å². The lowest BCUT2D eigenvalue weighted by Crippen LogP contribution is -2.51. The van der Waals surface area contributed by atoms with E-state index < -0.39 is 10.6 Å². The molecule has 0 spiro atoms. The maximum atomic E-state index is 12.1. The quantitative estimate of drug-likeness (QED) is 0.690. The second kappa shape index (κ2) is 4.14. The number of alkyl halides is 1. The molecule has 0 aromatic carbocycles. The average molecular weight is 303 g/mol. The van der Waals surface area contributed by atoms with Gasteiger partial charge in [0.05, 0.1) is 17.0 Å². The highest BCUT2D eigenvalue weighted by molar-refractivity contribution is 9.10. The third-order valence-electron chi connectivity index (χ3n) is 4.09. The van der Waals surface area contributed by atoms with Gasteiger partial charge in [0.25, 0.3) is 0 Å². The van der Waals surface area contributed by atoms with Gasteiger partial charge in [-0.25, -0.2) is 0 Å². The van der Waals surface area contributed by atoms with Crippen molar-refractivity contribution in [2.24, 2.45) is 5.92 Å². The zero-order valence-corrected chi connectivity index (χ0v) is 11.1. The van der Waals surface area contributed by atoms with E-state index in [1.165, 1.54) is 0 Å². The minimum absolute atomic E-state index is 0.0269. The van der Waals surface area contributed by atoms with Gasteiger partial charge in [0.2, 0.25) is 6.29 Å². The van der Waals surface area contributed by atoms with Crippen molar-refractivity contribution in [2.45, 2.75) is 48.8 Å². The van der Waals surface area contributed by atoms with Crippen LogP contribution in [0.1, 0.15) is 32.1 Å². The lowest BCUT2D eigenvalue weighted by Gasteiger charge is -2.41. The molecule has 3 fully saturated rings. The van der Waals surface area contributed by atoms with Crippen molar-refractivity contribution in [1.82, 2.24) is 0 Å². The van der Waals surface area contributed by atoms with Crippen LogP contribution in [0.3, 0.4) is 0 Å². The molecule has 2 heterocycles. The summed E-state index contributed by atoms with van der Waals surface area (Å²) >= 11 is 3.61. The molecule has 2 saturated heterocycles. The van der Waals surface area contributed by atoms with E-state index in [1.54, 1.807) is 0 Å². The average Bonchev–Trinajstić information content (AvgIpc) is 2.73. The molecule has 0 amide bonds. The monoisotopic (exact) mass is 302 g/mol. The van der Waals surface area contributed by atoms with Crippen LogP contribution in [-0.4, -0.2) is 34.9 Å². The molecule has 0 aromatic heterocycles. The van der Waals surface area contributed by atoms with Crippen LogP contribution in [0.4, 0.5) is 0 Å². The maximum absolute atomic E-state index is 12.1. The molecule has 4 atom stereocenters. The fourth-order valence-corrected chi connectivity index (χ4v) is 4.04. The van der Waals surface area contributed by atoms with Crippen molar-refractivity contribution in [3.8, 4) is 0 Å². The number of carbonyl (C=O) groups is 2. The molecule has 17 heavy (non-hydrogen) atoms. The Kier molecular flexibility index (Phi) is 2.88. The normalized spacial score (nSPS) is 46.3. The van der Waals surface area contributed by atoms with Crippen LogP contribution in [-0.2, 0) is 19.1 Å². The molecule has 3 aliphatic rings. The van der Waals surface area contributed by atoms with Gasteiger partial charge in [0.15, 0.2) is 5.78 Å². The Morgan fingerprint density at radius 3 is 2.88 bits per heavy atom. The third kappa shape index (κ3) is 1.79. The number of rotatable bonds is 1. The van der Waals surface area contributed by atoms with Crippen LogP contribution in [0.15, 0.2) is 0 Å². The molecule has 0 aromatic rings. The number of halogens is 1. The second-order valence-electron chi connectivity index (χ2n) is 5.11. The first kappa shape index (κ1) is 11.8. The van der Waals surface area contributed by atoms with Crippen LogP contribution in [0.5, 0.6) is 0 Å². The predicted molar refractivity (Wildman–Crippen MR) is 62.9 cm³/mol. The summed E-state index contributed by atoms with van der Waals surface area (Å²) in [4.78, 5) is 23.9. The summed E-state index contributed by atoms with van der Waals surface area (Å²) in [5.74, 6) is 0.123. The largest absolute Gasteiger partial charge is 0.343 e. The van der Waals surface area contributed by atoms with Crippen molar-refractivity contribution >= 4 is 27.5 Å². The summed E-state index contributed by atoms with van der Waals surface area (Å²) in [6.45, 7) is 0.432. The van der Waals surface area contributed by atoms with E-state index in [1.807, 2.05) is 0 Å². The lowest BCUT2D eigenvalue weighted by atomic mass is 9.74. The van der Waals surface area contributed by atoms with Crippen molar-refractivity contribution in [2.75, 3.05) is 6.61 Å². The summed E-state index contributed by atoms with van der Waals surface area (Å²) in [5, 5.41) is 0. The van der Waals surface area contributed by atoms with Crippen LogP contribution < -0.4 is 0 Å². The molecule has 4 nitrogen and oxygen atoms in total. The SMILES string of the molecule is O=C1C[C@@H](C2(Br)CCCCC2=O)[C@H]2CO[C@@H]1O2. The van der Waals surface area contributed by atoms with E-state index in [0.717, 1.165) is 19.3 Å². The Bertz CT molecular complexity index is 370. The third-order valence-corrected chi connectivity index (χ3v) is 5.52. The van der Waals surface area contributed by atoms with Gasteiger partial charge in [0, 0.05) is 18.8 Å². The summed E-state index contributed by atoms with van der Waals surface area (Å²) in [5.41, 5.74) is 0. The number of hydrogen-bond acceptors (Lipinski definition) is 4. The maximum Gasteiger partial charge on any atom is 0.218 e. The molecule has 1 saturated carbocycles. The summed E-state index contributed by atoms with van der Waals surface area (Å²) < 4.78 is 10.3. The minimum Gasteiger partial charge on any atom is -0.343 e. The zero-order chi connectivity index (χ0) is 12.0. The Labute approximate surface area is 108 Å². The summed E-state index contributed by atoms with van der Waals surface area (Å²) in [7, 11) is 0. The summed E-state index contributed by atoms with van der Waals surface area (Å²) in [6.07, 6.45) is 2.99. The number of Topliss-reactive ketones (excluding diaryl/α,β-unsaturated/α-hetero) is 2. The first-order valence-corrected chi connectivity index (χ1v) is 6.92. The molecule has 0 radical (unpaired) electrons. The van der Waals surface area contributed by atoms with Crippen molar-refractivity contribution < 1.29 is 19.1 Å². The Balaban J connectivity index is 1.87. The van der Waals surface area contributed by atoms with Crippen molar-refractivity contribution in [1.29, 1.82) is 0 Å². The molecule has 3 rings (SSSR count). The van der Waals surface area contributed by atoms with Crippen LogP contribution in [0.2, 0.25) is 0 Å². The lowest BCUT2D eigenvalue weighted by molar-refractivity contribution is -0.159. The van der Waals surface area contributed by atoms with Gasteiger partial charge in [-0.3, -0.25) is 9.59 Å². The zero-order valence-electron chi connectivity index (χ0n) is 9.49. The number of ether oxygens (including phenoxy) is 2. The molecule has 94 valence electrons. The smallest absolute Gasteiger partial charge is 0.218 e. The molecule has 1 aliphatic carbocycles. The number of hydrogen-bond donors (Lipinski definition) is 0. The Morgan fingerprint density at radius 1 is 1.29 bits per heavy atom. The fourth-order valence-electron chi connectivity index (χ4n) is 3.11. The van der Waals surface area contributed by atoms with Crippen LogP contribution >= 0.6 is 15.9 Å². The van der Waals surface area contributed by atoms with Gasteiger partial charge >= 0.3 is 0 Å². The molecule has 0 N–H and O–H groups in total. The van der Waals surface area contributed by atoms with E-state index in [2.05, 4.69) is 15.9 Å². The van der Waals surface area contributed by atoms with Gasteiger partial charge in [-0.05, 0) is 12.8 Å². The number of fused-ring (bicyclic) bond motifs is 2. The molecule has 1 unspecified atom stereocenters. The highest BCUT2D eigenvalue weighted by Gasteiger charge is 2.54. The Hall–Kier alpha value is -0.260. The first-order chi connectivity index (χ1) is 8.11. The van der Waals surface area contributed by atoms with E-state index in [-0.39, 0.29) is 23.6 Å². The molecular formula is C12H15BrO4. The first-order valence-electron chi connectivity index (χ1n) is 6.13.